The monoisotopic (exact) mass is 495 g/mol. The van der Waals surface area contributed by atoms with E-state index < -0.39 is 11.6 Å². The quantitative estimate of drug-likeness (QED) is 0.410. The molecule has 0 saturated heterocycles. The van der Waals surface area contributed by atoms with E-state index in [1.54, 1.807) is 29.0 Å². The molecule has 2 amide bonds. The first kappa shape index (κ1) is 22.8. The maximum atomic E-state index is 12.9. The molecular formula is C28H25N5O4. The maximum Gasteiger partial charge on any atom is 0.405 e. The number of hydrogen-bond donors (Lipinski definition) is 2. The van der Waals surface area contributed by atoms with Gasteiger partial charge in [-0.2, -0.15) is 5.10 Å². The van der Waals surface area contributed by atoms with Crippen LogP contribution in [0.4, 0.5) is 16.2 Å². The van der Waals surface area contributed by atoms with Crippen molar-refractivity contribution in [3.63, 3.8) is 0 Å². The predicted octanol–water partition coefficient (Wildman–Crippen LogP) is 4.85. The van der Waals surface area contributed by atoms with Gasteiger partial charge < -0.3 is 15.2 Å². The van der Waals surface area contributed by atoms with Crippen molar-refractivity contribution in [2.75, 3.05) is 11.5 Å². The number of carbonyl (C=O) groups is 2. The molecule has 1 aliphatic heterocycles. The van der Waals surface area contributed by atoms with Crippen molar-refractivity contribution in [3.05, 3.63) is 78.6 Å². The molecule has 3 heterocycles. The smallest absolute Gasteiger partial charge is 0.405 e. The molecule has 1 saturated carbocycles. The first-order chi connectivity index (χ1) is 17.9. The Morgan fingerprint density at radius 2 is 1.84 bits per heavy atom. The van der Waals surface area contributed by atoms with Crippen molar-refractivity contribution in [2.24, 2.45) is 7.05 Å². The highest BCUT2D eigenvalue weighted by molar-refractivity contribution is 6.05. The molecule has 2 aromatic carbocycles. The second-order valence-electron chi connectivity index (χ2n) is 9.41. The van der Waals surface area contributed by atoms with Gasteiger partial charge in [-0.05, 0) is 36.5 Å². The fourth-order valence-electron chi connectivity index (χ4n) is 5.11. The molecule has 0 radical (unpaired) electrons. The summed E-state index contributed by atoms with van der Waals surface area (Å²) in [6, 6.07) is 19.7. The molecule has 186 valence electrons. The third-order valence-corrected chi connectivity index (χ3v) is 7.09. The molecule has 37 heavy (non-hydrogen) atoms. The number of nitrogens with zero attached hydrogens (tertiary/aromatic N) is 4. The molecule has 0 unspecified atom stereocenters. The first-order valence-corrected chi connectivity index (χ1v) is 12.1. The number of amides is 2. The number of hydrogen-bond acceptors (Lipinski definition) is 5. The van der Waals surface area contributed by atoms with E-state index in [-0.39, 0.29) is 12.5 Å². The molecule has 4 aromatic rings. The summed E-state index contributed by atoms with van der Waals surface area (Å²) in [5.74, 6) is 0.167. The topological polar surface area (TPSA) is 110 Å². The molecule has 2 aromatic heterocycles. The van der Waals surface area contributed by atoms with Crippen LogP contribution < -0.4 is 15.0 Å². The van der Waals surface area contributed by atoms with Crippen LogP contribution in [0, 0.1) is 0 Å². The van der Waals surface area contributed by atoms with E-state index in [9.17, 15) is 14.7 Å². The van der Waals surface area contributed by atoms with E-state index in [0.29, 0.717) is 22.9 Å². The van der Waals surface area contributed by atoms with Crippen molar-refractivity contribution < 1.29 is 19.4 Å². The van der Waals surface area contributed by atoms with E-state index in [1.807, 2.05) is 60.7 Å². The van der Waals surface area contributed by atoms with E-state index in [2.05, 4.69) is 10.4 Å². The highest BCUT2D eigenvalue weighted by Crippen LogP contribution is 2.44. The highest BCUT2D eigenvalue weighted by atomic mass is 16.5. The first-order valence-electron chi connectivity index (χ1n) is 12.1. The minimum Gasteiger partial charge on any atom is -0.466 e. The summed E-state index contributed by atoms with van der Waals surface area (Å²) >= 11 is 0. The summed E-state index contributed by atoms with van der Waals surface area (Å²) in [6.07, 6.45) is 4.94. The molecule has 0 atom stereocenters. The number of aryl methyl sites for hydroxylation is 1. The number of nitrogens with one attached hydrogen (secondary N) is 1. The minimum absolute atomic E-state index is 0.124. The van der Waals surface area contributed by atoms with Crippen molar-refractivity contribution in [1.29, 1.82) is 0 Å². The van der Waals surface area contributed by atoms with Crippen LogP contribution >= 0.6 is 0 Å². The third-order valence-electron chi connectivity index (χ3n) is 7.09. The van der Waals surface area contributed by atoms with Gasteiger partial charge in [-0.1, -0.05) is 54.6 Å². The number of anilines is 2. The average molecular weight is 496 g/mol. The lowest BCUT2D eigenvalue weighted by atomic mass is 9.71. The summed E-state index contributed by atoms with van der Waals surface area (Å²) in [6.45, 7) is -0.124. The normalized spacial score (nSPS) is 15.9. The Morgan fingerprint density at radius 1 is 1.08 bits per heavy atom. The van der Waals surface area contributed by atoms with Crippen LogP contribution in [-0.4, -0.2) is 38.5 Å². The molecule has 0 bridgehead atoms. The number of benzene rings is 2. The van der Waals surface area contributed by atoms with Crippen molar-refractivity contribution in [2.45, 2.75) is 24.8 Å². The van der Waals surface area contributed by atoms with Crippen LogP contribution in [0.5, 0.6) is 5.88 Å². The lowest BCUT2D eigenvalue weighted by Gasteiger charge is -2.42. The van der Waals surface area contributed by atoms with E-state index in [4.69, 9.17) is 9.72 Å². The van der Waals surface area contributed by atoms with Gasteiger partial charge in [0.15, 0.2) is 6.61 Å². The van der Waals surface area contributed by atoms with E-state index in [0.717, 1.165) is 41.5 Å². The number of rotatable bonds is 5. The Bertz CT molecular complexity index is 1490. The van der Waals surface area contributed by atoms with Crippen molar-refractivity contribution >= 4 is 23.4 Å². The fourth-order valence-corrected chi connectivity index (χ4v) is 5.11. The van der Waals surface area contributed by atoms with Crippen LogP contribution in [0.15, 0.2) is 73.1 Å². The lowest BCUT2D eigenvalue weighted by molar-refractivity contribution is -0.120. The molecule has 2 N–H and O–H groups in total. The molecule has 0 spiro atoms. The van der Waals surface area contributed by atoms with E-state index >= 15 is 0 Å². The van der Waals surface area contributed by atoms with Gasteiger partial charge in [-0.3, -0.25) is 14.4 Å². The SMILES string of the molecule is Cn1cc(N2C(=O)COc3nc(-c4ccc(C5(NC(=O)O)CCC5)cc4)c(-c4ccccc4)cc32)cn1. The van der Waals surface area contributed by atoms with Crippen LogP contribution in [0.2, 0.25) is 0 Å². The number of fused-ring (bicyclic) bond motifs is 1. The molecule has 9 nitrogen and oxygen atoms in total. The molecule has 1 fully saturated rings. The minimum atomic E-state index is -1.02. The molecular weight excluding hydrogens is 470 g/mol. The summed E-state index contributed by atoms with van der Waals surface area (Å²) in [7, 11) is 1.80. The predicted molar refractivity (Wildman–Crippen MR) is 138 cm³/mol. The van der Waals surface area contributed by atoms with Gasteiger partial charge >= 0.3 is 6.09 Å². The zero-order valence-corrected chi connectivity index (χ0v) is 20.2. The summed E-state index contributed by atoms with van der Waals surface area (Å²) < 4.78 is 7.44. The summed E-state index contributed by atoms with van der Waals surface area (Å²) in [5.41, 5.74) is 4.98. The van der Waals surface area contributed by atoms with E-state index in [1.165, 1.54) is 0 Å². The highest BCUT2D eigenvalue weighted by Gasteiger charge is 2.40. The second-order valence-corrected chi connectivity index (χ2v) is 9.41. The fraction of sp³-hybridized carbons (Fsp3) is 0.214. The zero-order valence-electron chi connectivity index (χ0n) is 20.2. The van der Waals surface area contributed by atoms with Gasteiger partial charge in [0.05, 0.1) is 23.1 Å². The average Bonchev–Trinajstić information content (AvgIpc) is 3.31. The molecule has 6 rings (SSSR count). The Hall–Kier alpha value is -4.66. The van der Waals surface area contributed by atoms with Crippen LogP contribution in [-0.2, 0) is 17.4 Å². The van der Waals surface area contributed by atoms with Crippen LogP contribution in [0.25, 0.3) is 22.4 Å². The molecule has 9 heteroatoms. The van der Waals surface area contributed by atoms with Crippen LogP contribution in [0.1, 0.15) is 24.8 Å². The van der Waals surface area contributed by atoms with Crippen LogP contribution in [0.3, 0.4) is 0 Å². The standard InChI is InChI=1S/C28H25N5O4/c1-32-16-21(15-29-32)33-23-14-22(18-6-3-2-4-7-18)25(30-26(23)37-17-24(33)34)19-8-10-20(11-9-19)28(12-5-13-28)31-27(35)36/h2-4,6-11,14-16,31H,5,12-13,17H2,1H3,(H,35,36). The lowest BCUT2D eigenvalue weighted by Crippen LogP contribution is -2.50. The Balaban J connectivity index is 1.47. The van der Waals surface area contributed by atoms with Gasteiger partial charge in [0.25, 0.3) is 5.91 Å². The number of pyridine rings is 1. The second kappa shape index (κ2) is 8.77. The largest absolute Gasteiger partial charge is 0.466 e. The van der Waals surface area contributed by atoms with Crippen molar-refractivity contribution in [3.8, 4) is 28.3 Å². The van der Waals surface area contributed by atoms with Gasteiger partial charge in [0, 0.05) is 24.4 Å². The number of carboxylic acid groups (broad SMARTS) is 1. The van der Waals surface area contributed by atoms with Gasteiger partial charge in [-0.15, -0.1) is 0 Å². The summed E-state index contributed by atoms with van der Waals surface area (Å²) in [5, 5.41) is 16.3. The third kappa shape index (κ3) is 3.98. The maximum absolute atomic E-state index is 12.9. The van der Waals surface area contributed by atoms with Crippen molar-refractivity contribution in [1.82, 2.24) is 20.1 Å². The Labute approximate surface area is 213 Å². The van der Waals surface area contributed by atoms with Gasteiger partial charge in [0.2, 0.25) is 5.88 Å². The Morgan fingerprint density at radius 3 is 2.46 bits per heavy atom. The molecule has 2 aliphatic rings. The zero-order chi connectivity index (χ0) is 25.6. The number of aromatic nitrogens is 3. The number of ether oxygens (including phenoxy) is 1. The molecule has 1 aliphatic carbocycles. The summed E-state index contributed by atoms with van der Waals surface area (Å²) in [4.78, 5) is 30.8. The van der Waals surface area contributed by atoms with Gasteiger partial charge in [0.1, 0.15) is 5.69 Å². The number of carbonyl (C=O) groups excluding carboxylic acids is 1. The van der Waals surface area contributed by atoms with Gasteiger partial charge in [-0.25, -0.2) is 9.78 Å². The Kier molecular flexibility index (Phi) is 5.40.